The summed E-state index contributed by atoms with van der Waals surface area (Å²) in [5.41, 5.74) is 0.590. The maximum atomic E-state index is 13.3. The van der Waals surface area contributed by atoms with Crippen LogP contribution >= 0.6 is 11.6 Å². The zero-order valence-electron chi connectivity index (χ0n) is 10.9. The SMILES string of the molecule is Cc1ccc(S(=O)(=O)Nc2ccc(F)c(C(=O)Cl)c2)cc1. The van der Waals surface area contributed by atoms with Crippen LogP contribution in [0.1, 0.15) is 15.9 Å². The molecule has 0 aliphatic rings. The van der Waals surface area contributed by atoms with Gasteiger partial charge in [0.15, 0.2) is 0 Å². The molecule has 2 aromatic carbocycles. The number of carbonyl (C=O) groups is 1. The molecule has 0 bridgehead atoms. The van der Waals surface area contributed by atoms with Gasteiger partial charge in [-0.25, -0.2) is 12.8 Å². The second-order valence-electron chi connectivity index (χ2n) is 4.39. The van der Waals surface area contributed by atoms with E-state index in [0.29, 0.717) is 0 Å². The number of anilines is 1. The number of rotatable bonds is 4. The maximum Gasteiger partial charge on any atom is 0.261 e. The lowest BCUT2D eigenvalue weighted by Gasteiger charge is -2.09. The molecule has 0 saturated carbocycles. The van der Waals surface area contributed by atoms with E-state index in [4.69, 9.17) is 11.6 Å². The molecule has 0 aliphatic carbocycles. The molecular formula is C14H11ClFNO3S. The Morgan fingerprint density at radius 3 is 2.33 bits per heavy atom. The zero-order chi connectivity index (χ0) is 15.6. The molecule has 0 saturated heterocycles. The van der Waals surface area contributed by atoms with Gasteiger partial charge in [0.05, 0.1) is 10.5 Å². The van der Waals surface area contributed by atoms with E-state index in [0.717, 1.165) is 17.7 Å². The monoisotopic (exact) mass is 327 g/mol. The smallest absolute Gasteiger partial charge is 0.261 e. The summed E-state index contributed by atoms with van der Waals surface area (Å²) in [5, 5.41) is -0.996. The van der Waals surface area contributed by atoms with Gasteiger partial charge in [-0.1, -0.05) is 17.7 Å². The topological polar surface area (TPSA) is 63.2 Å². The highest BCUT2D eigenvalue weighted by Crippen LogP contribution is 2.20. The Morgan fingerprint density at radius 2 is 1.76 bits per heavy atom. The highest BCUT2D eigenvalue weighted by Gasteiger charge is 2.16. The Kier molecular flexibility index (Phi) is 4.29. The van der Waals surface area contributed by atoms with E-state index < -0.39 is 21.1 Å². The van der Waals surface area contributed by atoms with Gasteiger partial charge in [0.1, 0.15) is 5.82 Å². The minimum absolute atomic E-state index is 0.0565. The van der Waals surface area contributed by atoms with Crippen molar-refractivity contribution >= 4 is 32.6 Å². The average molecular weight is 328 g/mol. The molecule has 4 nitrogen and oxygen atoms in total. The molecule has 2 rings (SSSR count). The van der Waals surface area contributed by atoms with Crippen molar-refractivity contribution in [1.82, 2.24) is 0 Å². The summed E-state index contributed by atoms with van der Waals surface area (Å²) in [6, 6.07) is 9.47. The summed E-state index contributed by atoms with van der Waals surface area (Å²) in [6.45, 7) is 1.84. The molecule has 110 valence electrons. The Labute approximate surface area is 126 Å². The van der Waals surface area contributed by atoms with Crippen LogP contribution in [0, 0.1) is 12.7 Å². The third-order valence-corrected chi connectivity index (χ3v) is 4.36. The van der Waals surface area contributed by atoms with Gasteiger partial charge in [-0.15, -0.1) is 0 Å². The summed E-state index contributed by atoms with van der Waals surface area (Å²) in [4.78, 5) is 11.1. The van der Waals surface area contributed by atoms with Crippen LogP contribution in [0.25, 0.3) is 0 Å². The summed E-state index contributed by atoms with van der Waals surface area (Å²) in [6.07, 6.45) is 0. The summed E-state index contributed by atoms with van der Waals surface area (Å²) in [7, 11) is -3.81. The van der Waals surface area contributed by atoms with Crippen LogP contribution in [-0.4, -0.2) is 13.7 Å². The van der Waals surface area contributed by atoms with Crippen molar-refractivity contribution in [2.75, 3.05) is 4.72 Å². The van der Waals surface area contributed by atoms with Crippen LogP contribution in [0.15, 0.2) is 47.4 Å². The Morgan fingerprint density at radius 1 is 1.14 bits per heavy atom. The van der Waals surface area contributed by atoms with Crippen molar-refractivity contribution < 1.29 is 17.6 Å². The van der Waals surface area contributed by atoms with E-state index in [2.05, 4.69) is 4.72 Å². The van der Waals surface area contributed by atoms with Crippen molar-refractivity contribution in [3.63, 3.8) is 0 Å². The van der Waals surface area contributed by atoms with E-state index in [1.807, 2.05) is 6.92 Å². The molecule has 0 spiro atoms. The summed E-state index contributed by atoms with van der Waals surface area (Å²) < 4.78 is 39.9. The normalized spacial score (nSPS) is 11.2. The van der Waals surface area contributed by atoms with Crippen molar-refractivity contribution in [3.05, 3.63) is 59.4 Å². The minimum Gasteiger partial charge on any atom is -0.280 e. The highest BCUT2D eigenvalue weighted by molar-refractivity contribution is 7.92. The number of sulfonamides is 1. The lowest BCUT2D eigenvalue weighted by Crippen LogP contribution is -2.13. The first kappa shape index (κ1) is 15.5. The second-order valence-corrected chi connectivity index (χ2v) is 6.41. The van der Waals surface area contributed by atoms with Crippen LogP contribution in [0.2, 0.25) is 0 Å². The van der Waals surface area contributed by atoms with E-state index >= 15 is 0 Å². The van der Waals surface area contributed by atoms with E-state index in [1.165, 1.54) is 18.2 Å². The third-order valence-electron chi connectivity index (χ3n) is 2.76. The molecule has 0 amide bonds. The molecule has 0 atom stereocenters. The number of carbonyl (C=O) groups excluding carboxylic acids is 1. The van der Waals surface area contributed by atoms with Crippen LogP contribution in [-0.2, 0) is 10.0 Å². The van der Waals surface area contributed by atoms with Crippen LogP contribution < -0.4 is 4.72 Å². The molecule has 0 heterocycles. The fourth-order valence-electron chi connectivity index (χ4n) is 1.67. The number of hydrogen-bond donors (Lipinski definition) is 1. The lowest BCUT2D eigenvalue weighted by atomic mass is 10.2. The molecule has 0 fully saturated rings. The fourth-order valence-corrected chi connectivity index (χ4v) is 2.87. The van der Waals surface area contributed by atoms with Crippen molar-refractivity contribution in [2.24, 2.45) is 0 Å². The van der Waals surface area contributed by atoms with Crippen LogP contribution in [0.3, 0.4) is 0 Å². The van der Waals surface area contributed by atoms with Gasteiger partial charge in [-0.05, 0) is 48.9 Å². The van der Waals surface area contributed by atoms with Crippen LogP contribution in [0.5, 0.6) is 0 Å². The first-order valence-corrected chi connectivity index (χ1v) is 7.74. The minimum atomic E-state index is -3.81. The van der Waals surface area contributed by atoms with Gasteiger partial charge in [0, 0.05) is 5.69 Å². The van der Waals surface area contributed by atoms with Gasteiger partial charge in [0.25, 0.3) is 15.3 Å². The number of benzene rings is 2. The first-order chi connectivity index (χ1) is 9.79. The third kappa shape index (κ3) is 3.59. The molecule has 2 aromatic rings. The quantitative estimate of drug-likeness (QED) is 0.876. The van der Waals surface area contributed by atoms with Gasteiger partial charge < -0.3 is 0 Å². The first-order valence-electron chi connectivity index (χ1n) is 5.88. The van der Waals surface area contributed by atoms with Gasteiger partial charge in [-0.2, -0.15) is 0 Å². The van der Waals surface area contributed by atoms with Crippen LogP contribution in [0.4, 0.5) is 10.1 Å². The standard InChI is InChI=1S/C14H11ClFNO3S/c1-9-2-5-11(6-3-9)21(19,20)17-10-4-7-13(16)12(8-10)14(15)18/h2-8,17H,1H3. The molecule has 21 heavy (non-hydrogen) atoms. The van der Waals surface area contributed by atoms with Gasteiger partial charge >= 0.3 is 0 Å². The molecule has 0 aliphatic heterocycles. The Hall–Kier alpha value is -1.92. The van der Waals surface area contributed by atoms with Gasteiger partial charge in [-0.3, -0.25) is 9.52 Å². The molecular weight excluding hydrogens is 317 g/mol. The summed E-state index contributed by atoms with van der Waals surface area (Å²) >= 11 is 5.23. The van der Waals surface area contributed by atoms with E-state index in [9.17, 15) is 17.6 Å². The number of aryl methyl sites for hydroxylation is 1. The number of hydrogen-bond acceptors (Lipinski definition) is 3. The molecule has 1 N–H and O–H groups in total. The highest BCUT2D eigenvalue weighted by atomic mass is 35.5. The predicted molar refractivity (Wildman–Crippen MR) is 78.6 cm³/mol. The zero-order valence-corrected chi connectivity index (χ0v) is 12.5. The Balaban J connectivity index is 2.35. The maximum absolute atomic E-state index is 13.3. The average Bonchev–Trinajstić information content (AvgIpc) is 2.41. The number of halogens is 2. The fraction of sp³-hybridized carbons (Fsp3) is 0.0714. The van der Waals surface area contributed by atoms with E-state index in [-0.39, 0.29) is 16.1 Å². The molecule has 0 unspecified atom stereocenters. The van der Waals surface area contributed by atoms with Gasteiger partial charge in [0.2, 0.25) is 0 Å². The van der Waals surface area contributed by atoms with Crippen molar-refractivity contribution in [1.29, 1.82) is 0 Å². The second kappa shape index (κ2) is 5.83. The van der Waals surface area contributed by atoms with Crippen molar-refractivity contribution in [3.8, 4) is 0 Å². The Bertz CT molecular complexity index is 788. The predicted octanol–water partition coefficient (Wildman–Crippen LogP) is 3.31. The molecule has 7 heteroatoms. The molecule has 0 radical (unpaired) electrons. The van der Waals surface area contributed by atoms with Crippen molar-refractivity contribution in [2.45, 2.75) is 11.8 Å². The number of nitrogens with one attached hydrogen (secondary N) is 1. The molecule has 0 aromatic heterocycles. The largest absolute Gasteiger partial charge is 0.280 e. The summed E-state index contributed by atoms with van der Waals surface area (Å²) in [5.74, 6) is -0.812. The van der Waals surface area contributed by atoms with E-state index in [1.54, 1.807) is 12.1 Å². The lowest BCUT2D eigenvalue weighted by molar-refractivity contribution is 0.107.